The highest BCUT2D eigenvalue weighted by Crippen LogP contribution is 2.36. The highest BCUT2D eigenvalue weighted by Gasteiger charge is 2.39. The number of esters is 1. The van der Waals surface area contributed by atoms with Crippen LogP contribution in [0.15, 0.2) is 54.6 Å². The Balaban J connectivity index is 1.75. The zero-order valence-electron chi connectivity index (χ0n) is 20.8. The summed E-state index contributed by atoms with van der Waals surface area (Å²) in [6.45, 7) is 8.97. The lowest BCUT2D eigenvalue weighted by Crippen LogP contribution is -2.39. The zero-order valence-corrected chi connectivity index (χ0v) is 20.8. The van der Waals surface area contributed by atoms with Crippen LogP contribution >= 0.6 is 0 Å². The summed E-state index contributed by atoms with van der Waals surface area (Å²) in [4.78, 5) is 14.0. The van der Waals surface area contributed by atoms with E-state index in [9.17, 15) is 4.79 Å². The fraction of sp³-hybridized carbons (Fsp3) is 0.517. The molecule has 4 heteroatoms. The van der Waals surface area contributed by atoms with E-state index in [0.717, 1.165) is 41.7 Å². The number of aromatic nitrogens is 2. The third-order valence-electron chi connectivity index (χ3n) is 7.57. The van der Waals surface area contributed by atoms with Gasteiger partial charge in [-0.1, -0.05) is 76.6 Å². The second-order valence-corrected chi connectivity index (χ2v) is 10.2. The molecule has 0 unspecified atom stereocenters. The van der Waals surface area contributed by atoms with Crippen molar-refractivity contribution in [3.05, 3.63) is 66.0 Å². The Morgan fingerprint density at radius 3 is 2.48 bits per heavy atom. The standard InChI is InChI=1S/C29H39N2O2/c1-6-28-30(5)24-14-10-11-15-25(24)31(28)26(19-22-12-8-7-9-13-22)29(32)33-27-18-21(4)16-17-23(27)20(2)3/h7-15,20-21,23,26-27H,6,16-19H2,1-5H3/q+1/t21-,23+,26-,27-/m1/s1. The summed E-state index contributed by atoms with van der Waals surface area (Å²) in [7, 11) is 2.10. The molecule has 1 aromatic heterocycles. The number of hydrogen-bond donors (Lipinski definition) is 0. The molecule has 1 aliphatic rings. The lowest BCUT2D eigenvalue weighted by Gasteiger charge is -2.37. The molecule has 0 amide bonds. The molecule has 0 bridgehead atoms. The van der Waals surface area contributed by atoms with Gasteiger partial charge in [-0.25, -0.2) is 13.9 Å². The van der Waals surface area contributed by atoms with Gasteiger partial charge in [-0.05, 0) is 48.3 Å². The predicted octanol–water partition coefficient (Wildman–Crippen LogP) is 5.82. The van der Waals surface area contributed by atoms with Crippen LogP contribution in [0.25, 0.3) is 11.0 Å². The number of aryl methyl sites for hydroxylation is 1. The van der Waals surface area contributed by atoms with Gasteiger partial charge >= 0.3 is 5.97 Å². The largest absolute Gasteiger partial charge is 0.459 e. The fourth-order valence-electron chi connectivity index (χ4n) is 5.74. The summed E-state index contributed by atoms with van der Waals surface area (Å²) in [5.41, 5.74) is 3.39. The monoisotopic (exact) mass is 447 g/mol. The molecule has 0 aliphatic heterocycles. The van der Waals surface area contributed by atoms with Gasteiger partial charge in [-0.2, -0.15) is 0 Å². The number of hydrogen-bond acceptors (Lipinski definition) is 2. The number of carbonyl (C=O) groups is 1. The molecule has 0 saturated heterocycles. The molecule has 0 radical (unpaired) electrons. The van der Waals surface area contributed by atoms with Crippen LogP contribution in [-0.2, 0) is 29.4 Å². The Bertz CT molecular complexity index is 1090. The van der Waals surface area contributed by atoms with Gasteiger partial charge in [0.05, 0.1) is 7.05 Å². The first-order valence-electron chi connectivity index (χ1n) is 12.6. The molecule has 3 aromatic rings. The zero-order chi connectivity index (χ0) is 23.5. The highest BCUT2D eigenvalue weighted by molar-refractivity contribution is 5.80. The van der Waals surface area contributed by atoms with Gasteiger partial charge in [-0.3, -0.25) is 0 Å². The number of nitrogens with zero attached hydrogens (tertiary/aromatic N) is 2. The van der Waals surface area contributed by atoms with E-state index in [-0.39, 0.29) is 12.1 Å². The minimum atomic E-state index is -0.390. The minimum absolute atomic E-state index is 0.000163. The topological polar surface area (TPSA) is 35.1 Å². The Morgan fingerprint density at radius 1 is 1.09 bits per heavy atom. The maximum atomic E-state index is 14.0. The van der Waals surface area contributed by atoms with Crippen molar-refractivity contribution < 1.29 is 14.1 Å². The normalized spacial score (nSPS) is 21.9. The van der Waals surface area contributed by atoms with Gasteiger partial charge in [0.15, 0.2) is 11.0 Å². The minimum Gasteiger partial charge on any atom is -0.459 e. The number of fused-ring (bicyclic) bond motifs is 1. The average molecular weight is 448 g/mol. The maximum Gasteiger partial charge on any atom is 0.352 e. The van der Waals surface area contributed by atoms with Gasteiger partial charge in [0.1, 0.15) is 6.10 Å². The summed E-state index contributed by atoms with van der Waals surface area (Å²) in [5.74, 6) is 2.60. The van der Waals surface area contributed by atoms with Crippen LogP contribution in [0, 0.1) is 17.8 Å². The van der Waals surface area contributed by atoms with Crippen molar-refractivity contribution in [2.45, 2.75) is 71.9 Å². The molecule has 4 rings (SSSR count). The molecule has 33 heavy (non-hydrogen) atoms. The van der Waals surface area contributed by atoms with E-state index >= 15 is 0 Å². The molecule has 1 aliphatic carbocycles. The summed E-state index contributed by atoms with van der Waals surface area (Å²) in [5, 5.41) is 0. The molecule has 2 aromatic carbocycles. The number of benzene rings is 2. The molecule has 0 N–H and O–H groups in total. The van der Waals surface area contributed by atoms with Crippen molar-refractivity contribution in [2.75, 3.05) is 0 Å². The number of rotatable bonds is 7. The molecule has 1 heterocycles. The molecule has 1 saturated carbocycles. The summed E-state index contributed by atoms with van der Waals surface area (Å²) in [6, 6.07) is 18.3. The lowest BCUT2D eigenvalue weighted by atomic mass is 9.75. The smallest absolute Gasteiger partial charge is 0.352 e. The maximum absolute atomic E-state index is 14.0. The van der Waals surface area contributed by atoms with E-state index < -0.39 is 6.04 Å². The Kier molecular flexibility index (Phi) is 7.21. The van der Waals surface area contributed by atoms with Crippen LogP contribution in [0.2, 0.25) is 0 Å². The van der Waals surface area contributed by atoms with Crippen LogP contribution < -0.4 is 4.57 Å². The van der Waals surface area contributed by atoms with Crippen LogP contribution in [0.4, 0.5) is 0 Å². The van der Waals surface area contributed by atoms with Crippen LogP contribution in [0.1, 0.15) is 64.4 Å². The van der Waals surface area contributed by atoms with Gasteiger partial charge in [0.25, 0.3) is 5.82 Å². The van der Waals surface area contributed by atoms with Gasteiger partial charge < -0.3 is 4.74 Å². The van der Waals surface area contributed by atoms with Crippen LogP contribution in [-0.4, -0.2) is 16.6 Å². The first-order valence-corrected chi connectivity index (χ1v) is 12.6. The highest BCUT2D eigenvalue weighted by atomic mass is 16.5. The van der Waals surface area contributed by atoms with E-state index in [1.54, 1.807) is 0 Å². The van der Waals surface area contributed by atoms with Crippen molar-refractivity contribution in [1.82, 2.24) is 4.57 Å². The van der Waals surface area contributed by atoms with E-state index in [1.165, 1.54) is 6.42 Å². The fourth-order valence-corrected chi connectivity index (χ4v) is 5.74. The van der Waals surface area contributed by atoms with Gasteiger partial charge in [-0.15, -0.1) is 0 Å². The summed E-state index contributed by atoms with van der Waals surface area (Å²) < 4.78 is 10.9. The van der Waals surface area contributed by atoms with Crippen molar-refractivity contribution >= 4 is 17.0 Å². The van der Waals surface area contributed by atoms with Crippen LogP contribution in [0.3, 0.4) is 0 Å². The van der Waals surface area contributed by atoms with Crippen molar-refractivity contribution in [1.29, 1.82) is 0 Å². The lowest BCUT2D eigenvalue weighted by molar-refractivity contribution is -0.654. The van der Waals surface area contributed by atoms with Crippen LogP contribution in [0.5, 0.6) is 0 Å². The molecule has 1 fully saturated rings. The Morgan fingerprint density at radius 2 is 1.79 bits per heavy atom. The van der Waals surface area contributed by atoms with E-state index in [4.69, 9.17) is 4.74 Å². The van der Waals surface area contributed by atoms with E-state index in [1.807, 2.05) is 18.2 Å². The van der Waals surface area contributed by atoms with Crippen molar-refractivity contribution in [2.24, 2.45) is 24.8 Å². The number of imidazole rings is 1. The third kappa shape index (κ3) is 4.85. The first-order chi connectivity index (χ1) is 15.9. The van der Waals surface area contributed by atoms with Crippen molar-refractivity contribution in [3.8, 4) is 0 Å². The van der Waals surface area contributed by atoms with E-state index in [0.29, 0.717) is 24.2 Å². The second kappa shape index (κ2) is 10.1. The Hall–Kier alpha value is -2.62. The molecular formula is C29H39N2O2+. The predicted molar refractivity (Wildman–Crippen MR) is 133 cm³/mol. The summed E-state index contributed by atoms with van der Waals surface area (Å²) >= 11 is 0. The third-order valence-corrected chi connectivity index (χ3v) is 7.57. The molecule has 4 atom stereocenters. The molecule has 176 valence electrons. The molecule has 4 nitrogen and oxygen atoms in total. The number of para-hydroxylation sites is 2. The van der Waals surface area contributed by atoms with E-state index in [2.05, 4.69) is 80.3 Å². The molecule has 0 spiro atoms. The quantitative estimate of drug-likeness (QED) is 0.338. The molecular weight excluding hydrogens is 408 g/mol. The second-order valence-electron chi connectivity index (χ2n) is 10.2. The number of carbonyl (C=O) groups excluding carboxylic acids is 1. The SMILES string of the molecule is CCc1n([C@H](Cc2ccccc2)C(=O)O[C@@H]2C[C@H](C)CC[C@H]2C(C)C)c2ccccc2[n+]1C. The van der Waals surface area contributed by atoms with Gasteiger partial charge in [0, 0.05) is 12.8 Å². The van der Waals surface area contributed by atoms with Crippen molar-refractivity contribution in [3.63, 3.8) is 0 Å². The Labute approximate surface area is 198 Å². The average Bonchev–Trinajstić information content (AvgIpc) is 3.09. The summed E-state index contributed by atoms with van der Waals surface area (Å²) in [6.07, 6.45) is 4.80. The number of ether oxygens (including phenoxy) is 1. The van der Waals surface area contributed by atoms with Gasteiger partial charge in [0.2, 0.25) is 6.04 Å². The first kappa shape index (κ1) is 23.5.